The first kappa shape index (κ1) is 18.3. The summed E-state index contributed by atoms with van der Waals surface area (Å²) in [5.74, 6) is 0.338. The average Bonchev–Trinajstić information content (AvgIpc) is 2.53. The quantitative estimate of drug-likeness (QED) is 0.792. The second-order valence-electron chi connectivity index (χ2n) is 5.02. The maximum absolute atomic E-state index is 12.0. The van der Waals surface area contributed by atoms with E-state index in [0.717, 1.165) is 10.5 Å². The Morgan fingerprint density at radius 1 is 1.21 bits per heavy atom. The number of thioether (sulfide) groups is 1. The lowest BCUT2D eigenvalue weighted by Gasteiger charge is -2.13. The van der Waals surface area contributed by atoms with Gasteiger partial charge in [-0.1, -0.05) is 0 Å². The molecule has 0 radical (unpaired) electrons. The largest absolute Gasteiger partial charge is 0.457 e. The fourth-order valence-corrected chi connectivity index (χ4v) is 3.25. The number of carbonyl (C=O) groups excluding carboxylic acids is 1. The lowest BCUT2D eigenvalue weighted by Crippen LogP contribution is -2.20. The Balaban J connectivity index is 2.46. The van der Waals surface area contributed by atoms with Crippen molar-refractivity contribution in [3.63, 3.8) is 0 Å². The van der Waals surface area contributed by atoms with Gasteiger partial charge in [-0.2, -0.15) is 0 Å². The fraction of sp³-hybridized carbons (Fsp3) is 0.188. The minimum absolute atomic E-state index is 0.0932. The van der Waals surface area contributed by atoms with Crippen molar-refractivity contribution in [1.82, 2.24) is 5.32 Å². The molecule has 3 N–H and O–H groups in total. The fourth-order valence-electron chi connectivity index (χ4n) is 2.13. The van der Waals surface area contributed by atoms with Gasteiger partial charge < -0.3 is 10.1 Å². The van der Waals surface area contributed by atoms with Gasteiger partial charge in [0.15, 0.2) is 0 Å². The third-order valence-corrected chi connectivity index (χ3v) is 5.15. The van der Waals surface area contributed by atoms with Crippen molar-refractivity contribution in [1.29, 1.82) is 0 Å². The van der Waals surface area contributed by atoms with Crippen LogP contribution in [0.2, 0.25) is 0 Å². The van der Waals surface area contributed by atoms with Gasteiger partial charge in [-0.05, 0) is 55.1 Å². The van der Waals surface area contributed by atoms with E-state index in [1.807, 2.05) is 25.3 Å². The highest BCUT2D eigenvalue weighted by atomic mass is 32.2. The van der Waals surface area contributed by atoms with Crippen LogP contribution >= 0.6 is 11.8 Å². The predicted octanol–water partition coefficient (Wildman–Crippen LogP) is 2.52. The van der Waals surface area contributed by atoms with Crippen molar-refractivity contribution in [3.8, 4) is 11.5 Å². The van der Waals surface area contributed by atoms with E-state index in [4.69, 9.17) is 9.88 Å². The molecule has 0 aliphatic carbocycles. The minimum Gasteiger partial charge on any atom is -0.457 e. The normalized spacial score (nSPS) is 11.2. The number of hydrogen-bond donors (Lipinski definition) is 2. The predicted molar refractivity (Wildman–Crippen MR) is 94.2 cm³/mol. The van der Waals surface area contributed by atoms with Crippen LogP contribution in [0.15, 0.2) is 46.2 Å². The number of primary sulfonamides is 1. The molecule has 2 rings (SSSR count). The molecule has 2 aromatic rings. The SMILES string of the molecule is CNC(=O)c1cc(S(N)(=O)=O)ccc1Oc1ccc(SC)c(C)c1. The molecule has 128 valence electrons. The number of aryl methyl sites for hydroxylation is 1. The Labute approximate surface area is 145 Å². The molecular formula is C16H18N2O4S2. The zero-order valence-electron chi connectivity index (χ0n) is 13.5. The van der Waals surface area contributed by atoms with Crippen molar-refractivity contribution in [2.75, 3.05) is 13.3 Å². The van der Waals surface area contributed by atoms with Crippen LogP contribution in [0.1, 0.15) is 15.9 Å². The number of nitrogens with one attached hydrogen (secondary N) is 1. The molecule has 0 atom stereocenters. The summed E-state index contributed by atoms with van der Waals surface area (Å²) in [6, 6.07) is 9.50. The third kappa shape index (κ3) is 4.08. The highest BCUT2D eigenvalue weighted by Crippen LogP contribution is 2.30. The van der Waals surface area contributed by atoms with Crippen molar-refractivity contribution in [2.24, 2.45) is 5.14 Å². The van der Waals surface area contributed by atoms with Crippen LogP contribution in [0.4, 0.5) is 0 Å². The van der Waals surface area contributed by atoms with E-state index in [-0.39, 0.29) is 16.2 Å². The molecule has 0 aromatic heterocycles. The number of ether oxygens (including phenoxy) is 1. The Morgan fingerprint density at radius 3 is 2.46 bits per heavy atom. The van der Waals surface area contributed by atoms with Gasteiger partial charge in [0.2, 0.25) is 10.0 Å². The van der Waals surface area contributed by atoms with Gasteiger partial charge >= 0.3 is 0 Å². The number of hydrogen-bond acceptors (Lipinski definition) is 5. The number of benzene rings is 2. The Hall–Kier alpha value is -2.03. The van der Waals surface area contributed by atoms with Gasteiger partial charge in [0.25, 0.3) is 5.91 Å². The summed E-state index contributed by atoms with van der Waals surface area (Å²) in [4.78, 5) is 13.0. The first-order chi connectivity index (χ1) is 11.3. The van der Waals surface area contributed by atoms with Crippen LogP contribution in [0.3, 0.4) is 0 Å². The van der Waals surface area contributed by atoms with E-state index in [0.29, 0.717) is 5.75 Å². The monoisotopic (exact) mass is 366 g/mol. The zero-order valence-corrected chi connectivity index (χ0v) is 15.1. The first-order valence-electron chi connectivity index (χ1n) is 6.97. The smallest absolute Gasteiger partial charge is 0.254 e. The van der Waals surface area contributed by atoms with Crippen molar-refractivity contribution < 1.29 is 17.9 Å². The lowest BCUT2D eigenvalue weighted by molar-refractivity contribution is 0.0960. The van der Waals surface area contributed by atoms with Crippen LogP contribution in [0, 0.1) is 6.92 Å². The van der Waals surface area contributed by atoms with Crippen LogP contribution in [0.25, 0.3) is 0 Å². The molecule has 2 aromatic carbocycles. The van der Waals surface area contributed by atoms with Crippen LogP contribution in [0.5, 0.6) is 11.5 Å². The molecule has 8 heteroatoms. The van der Waals surface area contributed by atoms with E-state index in [1.54, 1.807) is 17.8 Å². The van der Waals surface area contributed by atoms with E-state index < -0.39 is 15.9 Å². The molecule has 6 nitrogen and oxygen atoms in total. The van der Waals surface area contributed by atoms with E-state index in [1.165, 1.54) is 25.2 Å². The molecular weight excluding hydrogens is 348 g/mol. The van der Waals surface area contributed by atoms with Gasteiger partial charge in [-0.25, -0.2) is 13.6 Å². The van der Waals surface area contributed by atoms with Crippen molar-refractivity contribution >= 4 is 27.7 Å². The molecule has 0 saturated carbocycles. The van der Waals surface area contributed by atoms with Gasteiger partial charge in [0.05, 0.1) is 10.5 Å². The zero-order chi connectivity index (χ0) is 17.9. The molecule has 0 saturated heterocycles. The molecule has 0 aliphatic heterocycles. The maximum atomic E-state index is 12.0. The van der Waals surface area contributed by atoms with Crippen LogP contribution in [-0.2, 0) is 10.0 Å². The summed E-state index contributed by atoms with van der Waals surface area (Å²) in [5.41, 5.74) is 1.14. The number of rotatable bonds is 5. The first-order valence-corrected chi connectivity index (χ1v) is 9.75. The second-order valence-corrected chi connectivity index (χ2v) is 7.43. The number of nitrogens with two attached hydrogens (primary N) is 1. The molecule has 0 fully saturated rings. The standard InChI is InChI=1S/C16H18N2O4S2/c1-10-8-11(4-7-15(10)23-3)22-14-6-5-12(24(17,20)21)9-13(14)16(19)18-2/h4-9H,1-3H3,(H,18,19)(H2,17,20,21). The summed E-state index contributed by atoms with van der Waals surface area (Å²) >= 11 is 1.63. The molecule has 0 spiro atoms. The molecule has 24 heavy (non-hydrogen) atoms. The van der Waals surface area contributed by atoms with Gasteiger partial charge in [-0.15, -0.1) is 11.8 Å². The number of carbonyl (C=O) groups is 1. The van der Waals surface area contributed by atoms with Crippen LogP contribution < -0.4 is 15.2 Å². The lowest BCUT2D eigenvalue weighted by atomic mass is 10.2. The summed E-state index contributed by atoms with van der Waals surface area (Å²) in [7, 11) is -2.46. The van der Waals surface area contributed by atoms with E-state index in [2.05, 4.69) is 5.32 Å². The van der Waals surface area contributed by atoms with Crippen LogP contribution in [-0.4, -0.2) is 27.6 Å². The second kappa shape index (κ2) is 7.25. The minimum atomic E-state index is -3.91. The Kier molecular flexibility index (Phi) is 5.53. The van der Waals surface area contributed by atoms with Gasteiger partial charge in [0, 0.05) is 11.9 Å². The summed E-state index contributed by atoms with van der Waals surface area (Å²) in [6.07, 6.45) is 1.98. The van der Waals surface area contributed by atoms with Crippen molar-refractivity contribution in [2.45, 2.75) is 16.7 Å². The molecule has 0 heterocycles. The summed E-state index contributed by atoms with van der Waals surface area (Å²) in [5, 5.41) is 7.58. The average molecular weight is 366 g/mol. The van der Waals surface area contributed by atoms with Gasteiger partial charge in [0.1, 0.15) is 11.5 Å². The van der Waals surface area contributed by atoms with E-state index >= 15 is 0 Å². The number of sulfonamides is 1. The highest BCUT2D eigenvalue weighted by Gasteiger charge is 2.17. The Morgan fingerprint density at radius 2 is 1.92 bits per heavy atom. The maximum Gasteiger partial charge on any atom is 0.254 e. The van der Waals surface area contributed by atoms with Gasteiger partial charge in [-0.3, -0.25) is 4.79 Å². The third-order valence-electron chi connectivity index (χ3n) is 3.35. The van der Waals surface area contributed by atoms with E-state index in [9.17, 15) is 13.2 Å². The molecule has 1 amide bonds. The molecule has 0 unspecified atom stereocenters. The summed E-state index contributed by atoms with van der Waals surface area (Å²) < 4.78 is 28.7. The summed E-state index contributed by atoms with van der Waals surface area (Å²) in [6.45, 7) is 1.96. The molecule has 0 aliphatic rings. The topological polar surface area (TPSA) is 98.5 Å². The molecule has 0 bridgehead atoms. The number of amides is 1. The van der Waals surface area contributed by atoms with Crippen molar-refractivity contribution in [3.05, 3.63) is 47.5 Å². The highest BCUT2D eigenvalue weighted by molar-refractivity contribution is 7.98. The Bertz CT molecular complexity index is 880.